The summed E-state index contributed by atoms with van der Waals surface area (Å²) in [6.45, 7) is 9.45. The van der Waals surface area contributed by atoms with Crippen LogP contribution in [0.4, 0.5) is 5.69 Å². The fourth-order valence-electron chi connectivity index (χ4n) is 5.68. The number of rotatable bonds is 11. The summed E-state index contributed by atoms with van der Waals surface area (Å²) in [5, 5.41) is 3.67. The van der Waals surface area contributed by atoms with Crippen LogP contribution in [0.3, 0.4) is 0 Å². The van der Waals surface area contributed by atoms with E-state index in [0.29, 0.717) is 36.4 Å². The molecule has 1 saturated carbocycles. The van der Waals surface area contributed by atoms with E-state index < -0.39 is 0 Å². The number of allylic oxidation sites excluding steroid dienone is 1. The molecular formula is C31H49N4O3Sn+. The average Bonchev–Trinajstić information content (AvgIpc) is 2.92. The molecule has 1 fully saturated rings. The second-order valence-electron chi connectivity index (χ2n) is 10.4. The standard InChI is InChI=1S/C29H43N4O3.2CH3.Sn/c1-4-34-27-17-29(36-6-3)28(35-5-2)16-23(27)19-32-18-21-11-13-25(14-12-21)33(31)20-24(30)15-22-9-7-8-10-26(22)33;;;/h7-10,16-17,20-21,25,32H,4-6,11-15,18-19,30-31H2,1-3H3;2*1H3;/q+1;;;/t21-,25+,33?;;;. The van der Waals surface area contributed by atoms with Crippen LogP contribution in [0, 0.1) is 5.92 Å². The number of ether oxygens (including phenoxy) is 3. The van der Waals surface area contributed by atoms with Crippen molar-refractivity contribution in [1.82, 2.24) is 9.91 Å². The molecule has 2 aliphatic rings. The molecule has 2 aromatic rings. The van der Waals surface area contributed by atoms with Crippen LogP contribution in [0.1, 0.15) is 57.6 Å². The number of fused-ring (bicyclic) bond motifs is 1. The molecule has 39 heavy (non-hydrogen) atoms. The van der Waals surface area contributed by atoms with E-state index in [-0.39, 0.29) is 21.1 Å². The summed E-state index contributed by atoms with van der Waals surface area (Å²) in [4.78, 5) is 4.59. The Morgan fingerprint density at radius 3 is 2.13 bits per heavy atom. The normalized spacial score (nSPS) is 22.2. The van der Waals surface area contributed by atoms with Gasteiger partial charge in [0.2, 0.25) is 0 Å². The number of nitrogens with two attached hydrogens (primary N) is 2. The molecule has 1 aliphatic heterocycles. The molecule has 0 amide bonds. The zero-order valence-electron chi connectivity index (χ0n) is 24.6. The molecule has 1 unspecified atom stereocenters. The summed E-state index contributed by atoms with van der Waals surface area (Å²) in [6, 6.07) is 12.8. The van der Waals surface area contributed by atoms with Crippen molar-refractivity contribution in [3.8, 4) is 17.2 Å². The van der Waals surface area contributed by atoms with Gasteiger partial charge in [-0.2, -0.15) is 10.4 Å². The van der Waals surface area contributed by atoms with Crippen molar-refractivity contribution in [3.05, 3.63) is 59.4 Å². The maximum absolute atomic E-state index is 7.00. The van der Waals surface area contributed by atoms with Gasteiger partial charge in [-0.15, -0.1) is 0 Å². The number of hydrogen-bond acceptors (Lipinski definition) is 6. The second-order valence-corrected chi connectivity index (χ2v) is 13.2. The van der Waals surface area contributed by atoms with Crippen LogP contribution in [0.5, 0.6) is 17.2 Å². The number of quaternary nitrogens is 1. The third kappa shape index (κ3) is 8.28. The number of para-hydroxylation sites is 1. The van der Waals surface area contributed by atoms with Crippen molar-refractivity contribution < 1.29 is 14.2 Å². The van der Waals surface area contributed by atoms with Crippen molar-refractivity contribution in [2.45, 2.75) is 75.3 Å². The second kappa shape index (κ2) is 15.7. The van der Waals surface area contributed by atoms with Gasteiger partial charge in [0.15, 0.2) is 17.2 Å². The van der Waals surface area contributed by atoms with Crippen LogP contribution < -0.4 is 35.7 Å². The van der Waals surface area contributed by atoms with Gasteiger partial charge in [0, 0.05) is 49.1 Å². The first-order chi connectivity index (χ1) is 18.9. The van der Waals surface area contributed by atoms with E-state index >= 15 is 0 Å². The van der Waals surface area contributed by atoms with E-state index in [4.69, 9.17) is 25.8 Å². The first-order valence-electron chi connectivity index (χ1n) is 14.5. The third-order valence-corrected chi connectivity index (χ3v) is 7.38. The van der Waals surface area contributed by atoms with Crippen LogP contribution in [0.2, 0.25) is 9.88 Å². The third-order valence-electron chi connectivity index (χ3n) is 7.38. The topological polar surface area (TPSA) is 91.8 Å². The minimum absolute atomic E-state index is 0.230. The monoisotopic (exact) mass is 645 g/mol. The summed E-state index contributed by atoms with van der Waals surface area (Å²) in [6.07, 6.45) is 7.33. The molecule has 7 nitrogen and oxygen atoms in total. The number of hydrogen-bond donors (Lipinski definition) is 3. The van der Waals surface area contributed by atoms with Gasteiger partial charge in [0.1, 0.15) is 18.0 Å². The number of benzene rings is 2. The first kappa shape index (κ1) is 31.6. The Hall–Kier alpha value is -1.94. The van der Waals surface area contributed by atoms with E-state index in [0.717, 1.165) is 73.7 Å². The summed E-state index contributed by atoms with van der Waals surface area (Å²) in [5.74, 6) is 9.98. The predicted molar refractivity (Wildman–Crippen MR) is 163 cm³/mol. The van der Waals surface area contributed by atoms with Gasteiger partial charge in [-0.05, 0) is 52.1 Å². The van der Waals surface area contributed by atoms with E-state index in [1.54, 1.807) is 0 Å². The Bertz CT molecular complexity index is 1070. The van der Waals surface area contributed by atoms with E-state index in [9.17, 15) is 0 Å². The molecule has 5 N–H and O–H groups in total. The molecule has 1 atom stereocenters. The molecule has 1 aliphatic carbocycles. The SMILES string of the molecule is CCOc1cc(OCC)c(OCC)cc1CNC[C@H]1CC[C@@H]([N+]2(N)C=C(N)Cc3ccccc32)CC1.[CH3][Sn][CH3]. The Balaban J connectivity index is 0.00000134. The van der Waals surface area contributed by atoms with Crippen LogP contribution in [0.25, 0.3) is 0 Å². The van der Waals surface area contributed by atoms with E-state index in [1.807, 2.05) is 26.8 Å². The molecule has 0 spiro atoms. The fraction of sp³-hybridized carbons (Fsp3) is 0.548. The van der Waals surface area contributed by atoms with Crippen molar-refractivity contribution in [2.75, 3.05) is 26.4 Å². The Labute approximate surface area is 246 Å². The molecule has 1 heterocycles. The fourth-order valence-corrected chi connectivity index (χ4v) is 5.68. The summed E-state index contributed by atoms with van der Waals surface area (Å²) >= 11 is 0.230. The molecule has 0 aromatic heterocycles. The summed E-state index contributed by atoms with van der Waals surface area (Å²) in [5.41, 5.74) is 10.7. The number of nitrogens with zero attached hydrogens (tertiary/aromatic N) is 1. The van der Waals surface area contributed by atoms with Crippen LogP contribution in [0.15, 0.2) is 48.3 Å². The zero-order valence-corrected chi connectivity index (χ0v) is 27.4. The zero-order chi connectivity index (χ0) is 28.3. The average molecular weight is 644 g/mol. The maximum atomic E-state index is 7.00. The number of nitrogens with one attached hydrogen (secondary N) is 1. The van der Waals surface area contributed by atoms with E-state index in [2.05, 4.69) is 51.7 Å². The van der Waals surface area contributed by atoms with Crippen LogP contribution >= 0.6 is 0 Å². The van der Waals surface area contributed by atoms with Gasteiger partial charge in [-0.3, -0.25) is 0 Å². The van der Waals surface area contributed by atoms with Crippen LogP contribution in [-0.4, -0.2) is 53.5 Å². The van der Waals surface area contributed by atoms with Gasteiger partial charge < -0.3 is 25.3 Å². The Morgan fingerprint density at radius 1 is 0.897 bits per heavy atom. The molecule has 2 radical (unpaired) electrons. The molecule has 8 heteroatoms. The van der Waals surface area contributed by atoms with Gasteiger partial charge >= 0.3 is 31.0 Å². The summed E-state index contributed by atoms with van der Waals surface area (Å²) in [7, 11) is 0. The Kier molecular flexibility index (Phi) is 12.7. The minimum atomic E-state index is 0.230. The van der Waals surface area contributed by atoms with Crippen molar-refractivity contribution in [1.29, 1.82) is 0 Å². The summed E-state index contributed by atoms with van der Waals surface area (Å²) < 4.78 is 17.9. The van der Waals surface area contributed by atoms with Gasteiger partial charge in [-0.1, -0.05) is 18.2 Å². The molecule has 0 bridgehead atoms. The van der Waals surface area contributed by atoms with Crippen molar-refractivity contribution >= 4 is 26.8 Å². The molecular weight excluding hydrogens is 595 g/mol. The van der Waals surface area contributed by atoms with E-state index in [1.165, 1.54) is 11.3 Å². The molecule has 2 aromatic carbocycles. The molecule has 214 valence electrons. The first-order valence-corrected chi connectivity index (χ1v) is 20.2. The van der Waals surface area contributed by atoms with Crippen molar-refractivity contribution in [3.63, 3.8) is 0 Å². The molecule has 0 saturated heterocycles. The quantitative estimate of drug-likeness (QED) is 0.169. The van der Waals surface area contributed by atoms with Gasteiger partial charge in [-0.25, -0.2) is 0 Å². The van der Waals surface area contributed by atoms with Gasteiger partial charge in [0.05, 0.1) is 25.5 Å². The van der Waals surface area contributed by atoms with Crippen LogP contribution in [-0.2, 0) is 13.0 Å². The van der Waals surface area contributed by atoms with Gasteiger partial charge in [0.25, 0.3) is 0 Å². The Morgan fingerprint density at radius 2 is 1.49 bits per heavy atom. The predicted octanol–water partition coefficient (Wildman–Crippen LogP) is 5.56. The molecule has 4 rings (SSSR count). The van der Waals surface area contributed by atoms with Crippen molar-refractivity contribution in [2.24, 2.45) is 17.5 Å².